The molecule has 0 heterocycles. The van der Waals surface area contributed by atoms with Crippen LogP contribution in [0, 0.1) is 34.5 Å². The van der Waals surface area contributed by atoms with Gasteiger partial charge in [0.2, 0.25) is 0 Å². The van der Waals surface area contributed by atoms with Crippen LogP contribution in [0.3, 0.4) is 0 Å². The summed E-state index contributed by atoms with van der Waals surface area (Å²) in [5.41, 5.74) is 7.05. The lowest BCUT2D eigenvalue weighted by molar-refractivity contribution is -0.115. The van der Waals surface area contributed by atoms with Crippen LogP contribution in [-0.2, 0) is 0 Å². The molecule has 1 heteroatoms. The molecule has 104 valence electrons. The molecule has 4 fully saturated rings. The van der Waals surface area contributed by atoms with E-state index in [0.29, 0.717) is 10.8 Å². The van der Waals surface area contributed by atoms with Crippen LogP contribution in [0.2, 0.25) is 0 Å². The van der Waals surface area contributed by atoms with Gasteiger partial charge >= 0.3 is 0 Å². The van der Waals surface area contributed by atoms with Gasteiger partial charge in [0, 0.05) is 0 Å². The Morgan fingerprint density at radius 3 is 1.78 bits per heavy atom. The molecule has 0 amide bonds. The van der Waals surface area contributed by atoms with Crippen LogP contribution in [0.1, 0.15) is 65.7 Å². The Labute approximate surface area is 113 Å². The van der Waals surface area contributed by atoms with Crippen molar-refractivity contribution in [3.05, 3.63) is 0 Å². The number of hydrogen-bond donors (Lipinski definition) is 1. The first-order valence-corrected chi connectivity index (χ1v) is 8.13. The van der Waals surface area contributed by atoms with Crippen molar-refractivity contribution >= 4 is 0 Å². The molecular formula is C17H31N. The predicted octanol–water partition coefficient (Wildman–Crippen LogP) is 4.21. The second kappa shape index (κ2) is 4.23. The second-order valence-electron chi connectivity index (χ2n) is 8.78. The van der Waals surface area contributed by atoms with Crippen molar-refractivity contribution in [1.29, 1.82) is 0 Å². The Bertz CT molecular complexity index is 277. The van der Waals surface area contributed by atoms with Gasteiger partial charge in [-0.2, -0.15) is 0 Å². The van der Waals surface area contributed by atoms with Crippen LogP contribution < -0.4 is 5.73 Å². The lowest BCUT2D eigenvalue weighted by Crippen LogP contribution is -2.52. The quantitative estimate of drug-likeness (QED) is 0.796. The molecule has 0 spiro atoms. The van der Waals surface area contributed by atoms with Gasteiger partial charge in [0.15, 0.2) is 0 Å². The van der Waals surface area contributed by atoms with E-state index in [1.54, 1.807) is 19.3 Å². The maximum absolute atomic E-state index is 5.94. The summed E-state index contributed by atoms with van der Waals surface area (Å²) < 4.78 is 0. The van der Waals surface area contributed by atoms with E-state index in [9.17, 15) is 0 Å². The number of hydrogen-bond acceptors (Lipinski definition) is 1. The van der Waals surface area contributed by atoms with Gasteiger partial charge < -0.3 is 5.73 Å². The minimum atomic E-state index is 0.436. The summed E-state index contributed by atoms with van der Waals surface area (Å²) >= 11 is 0. The van der Waals surface area contributed by atoms with Crippen LogP contribution in [0.5, 0.6) is 0 Å². The standard InChI is InChI=1S/C17H31N/c1-16(2,3)15(4-5-18)17-9-12-6-13(10-17)8-14(7-12)11-17/h12-15H,4-11,18H2,1-3H3. The summed E-state index contributed by atoms with van der Waals surface area (Å²) in [7, 11) is 0. The molecule has 1 unspecified atom stereocenters. The zero-order valence-corrected chi connectivity index (χ0v) is 12.5. The highest BCUT2D eigenvalue weighted by molar-refractivity contribution is 5.05. The highest BCUT2D eigenvalue weighted by atomic mass is 14.6. The summed E-state index contributed by atoms with van der Waals surface area (Å²) in [5, 5.41) is 0. The van der Waals surface area contributed by atoms with Gasteiger partial charge in [-0.05, 0) is 86.0 Å². The molecule has 0 radical (unpaired) electrons. The fourth-order valence-electron chi connectivity index (χ4n) is 6.43. The third-order valence-corrected chi connectivity index (χ3v) is 6.33. The summed E-state index contributed by atoms with van der Waals surface area (Å²) in [6.45, 7) is 8.23. The zero-order chi connectivity index (χ0) is 13.0. The Hall–Kier alpha value is -0.0400. The minimum absolute atomic E-state index is 0.436. The maximum Gasteiger partial charge on any atom is -0.00742 e. The van der Waals surface area contributed by atoms with Crippen LogP contribution in [0.4, 0.5) is 0 Å². The SMILES string of the molecule is CC(C)(C)C(CCN)C12CC3CC(CC(C3)C1)C2. The molecule has 4 aliphatic rings. The highest BCUT2D eigenvalue weighted by Crippen LogP contribution is 2.65. The zero-order valence-electron chi connectivity index (χ0n) is 12.5. The lowest BCUT2D eigenvalue weighted by Gasteiger charge is -2.62. The molecule has 0 aromatic heterocycles. The summed E-state index contributed by atoms with van der Waals surface area (Å²) in [6, 6.07) is 0. The number of rotatable bonds is 3. The number of nitrogens with two attached hydrogens (primary N) is 1. The Kier molecular flexibility index (Phi) is 3.05. The van der Waals surface area contributed by atoms with Crippen molar-refractivity contribution in [2.75, 3.05) is 6.54 Å². The van der Waals surface area contributed by atoms with E-state index in [-0.39, 0.29) is 0 Å². The fourth-order valence-corrected chi connectivity index (χ4v) is 6.43. The summed E-state index contributed by atoms with van der Waals surface area (Å²) in [4.78, 5) is 0. The van der Waals surface area contributed by atoms with E-state index in [4.69, 9.17) is 5.73 Å². The van der Waals surface area contributed by atoms with E-state index < -0.39 is 0 Å². The average molecular weight is 249 g/mol. The molecule has 4 rings (SSSR count). The molecule has 18 heavy (non-hydrogen) atoms. The molecule has 4 aliphatic carbocycles. The molecule has 0 saturated heterocycles. The van der Waals surface area contributed by atoms with Crippen molar-refractivity contribution in [2.45, 2.75) is 65.7 Å². The molecule has 0 aliphatic heterocycles. The first kappa shape index (κ1) is 13.0. The first-order chi connectivity index (χ1) is 8.43. The second-order valence-corrected chi connectivity index (χ2v) is 8.78. The van der Waals surface area contributed by atoms with Crippen molar-refractivity contribution in [2.24, 2.45) is 40.2 Å². The molecule has 4 bridgehead atoms. The highest BCUT2D eigenvalue weighted by Gasteiger charge is 2.55. The maximum atomic E-state index is 5.94. The monoisotopic (exact) mass is 249 g/mol. The molecule has 2 N–H and O–H groups in total. The van der Waals surface area contributed by atoms with Crippen molar-refractivity contribution in [3.8, 4) is 0 Å². The Balaban J connectivity index is 1.88. The smallest absolute Gasteiger partial charge is 0.00742 e. The van der Waals surface area contributed by atoms with Crippen molar-refractivity contribution < 1.29 is 0 Å². The van der Waals surface area contributed by atoms with Gasteiger partial charge in [-0.15, -0.1) is 0 Å². The van der Waals surface area contributed by atoms with Crippen LogP contribution >= 0.6 is 0 Å². The molecule has 1 atom stereocenters. The van der Waals surface area contributed by atoms with Crippen LogP contribution in [0.15, 0.2) is 0 Å². The van der Waals surface area contributed by atoms with E-state index >= 15 is 0 Å². The third kappa shape index (κ3) is 2.03. The summed E-state index contributed by atoms with van der Waals surface area (Å²) in [5.74, 6) is 4.06. The summed E-state index contributed by atoms with van der Waals surface area (Å²) in [6.07, 6.45) is 10.5. The topological polar surface area (TPSA) is 26.0 Å². The Morgan fingerprint density at radius 1 is 1.00 bits per heavy atom. The van der Waals surface area contributed by atoms with Gasteiger partial charge in [-0.1, -0.05) is 20.8 Å². The van der Waals surface area contributed by atoms with E-state index in [2.05, 4.69) is 20.8 Å². The van der Waals surface area contributed by atoms with Gasteiger partial charge in [0.25, 0.3) is 0 Å². The molecule has 4 saturated carbocycles. The molecule has 0 aromatic rings. The largest absolute Gasteiger partial charge is 0.330 e. The molecule has 1 nitrogen and oxygen atoms in total. The Morgan fingerprint density at radius 2 is 1.44 bits per heavy atom. The average Bonchev–Trinajstić information content (AvgIpc) is 2.22. The first-order valence-electron chi connectivity index (χ1n) is 8.13. The predicted molar refractivity (Wildman–Crippen MR) is 77.2 cm³/mol. The molecule has 0 aromatic carbocycles. The lowest BCUT2D eigenvalue weighted by atomic mass is 9.43. The van der Waals surface area contributed by atoms with E-state index in [0.717, 1.165) is 30.2 Å². The van der Waals surface area contributed by atoms with Gasteiger partial charge in [-0.3, -0.25) is 0 Å². The van der Waals surface area contributed by atoms with Crippen molar-refractivity contribution in [3.63, 3.8) is 0 Å². The van der Waals surface area contributed by atoms with E-state index in [1.165, 1.54) is 25.7 Å². The third-order valence-electron chi connectivity index (χ3n) is 6.33. The minimum Gasteiger partial charge on any atom is -0.330 e. The van der Waals surface area contributed by atoms with Crippen molar-refractivity contribution in [1.82, 2.24) is 0 Å². The molecular weight excluding hydrogens is 218 g/mol. The normalized spacial score (nSPS) is 44.3. The van der Waals surface area contributed by atoms with Crippen LogP contribution in [0.25, 0.3) is 0 Å². The van der Waals surface area contributed by atoms with Gasteiger partial charge in [-0.25, -0.2) is 0 Å². The fraction of sp³-hybridized carbons (Fsp3) is 1.00. The van der Waals surface area contributed by atoms with E-state index in [1.807, 2.05) is 0 Å². The van der Waals surface area contributed by atoms with Gasteiger partial charge in [0.05, 0.1) is 0 Å². The van der Waals surface area contributed by atoms with Crippen LogP contribution in [-0.4, -0.2) is 6.54 Å². The van der Waals surface area contributed by atoms with Gasteiger partial charge in [0.1, 0.15) is 0 Å².